The lowest BCUT2D eigenvalue weighted by Gasteiger charge is -2.12. The second-order valence-electron chi connectivity index (χ2n) is 6.72. The Bertz CT molecular complexity index is 802. The van der Waals surface area contributed by atoms with Crippen LogP contribution < -0.4 is 16.0 Å². The molecule has 3 N–H and O–H groups in total. The highest BCUT2D eigenvalue weighted by molar-refractivity contribution is 5.73. The molecular weight excluding hydrogens is 394 g/mol. The Morgan fingerprint density at radius 1 is 0.742 bits per heavy atom. The summed E-state index contributed by atoms with van der Waals surface area (Å²) in [6.07, 6.45) is 0.128. The molecule has 0 saturated carbocycles. The molecule has 0 unspecified atom stereocenters. The van der Waals surface area contributed by atoms with Crippen LogP contribution in [-0.2, 0) is 40.4 Å². The van der Waals surface area contributed by atoms with Crippen LogP contribution in [-0.4, -0.2) is 24.5 Å². The van der Waals surface area contributed by atoms with Gasteiger partial charge in [0.25, 0.3) is 0 Å². The normalized spacial score (nSPS) is 9.68. The number of ether oxygens (including phenoxy) is 1. The first-order valence-electron chi connectivity index (χ1n) is 10.5. The first-order chi connectivity index (χ1) is 14.9. The van der Waals surface area contributed by atoms with Crippen molar-refractivity contribution in [2.75, 3.05) is 6.54 Å². The van der Waals surface area contributed by atoms with Gasteiger partial charge in [0.15, 0.2) is 0 Å². The Morgan fingerprint density at radius 3 is 1.77 bits per heavy atom. The minimum atomic E-state index is -0.471. The van der Waals surface area contributed by atoms with Crippen molar-refractivity contribution >= 4 is 17.9 Å². The fraction of sp³-hybridized carbons (Fsp3) is 0.375. The van der Waals surface area contributed by atoms with Crippen LogP contribution >= 0.6 is 0 Å². The van der Waals surface area contributed by atoms with E-state index in [1.165, 1.54) is 13.8 Å². The molecule has 0 spiro atoms. The largest absolute Gasteiger partial charge is 0.445 e. The number of nitrogens with one attached hydrogen (secondary N) is 3. The molecule has 0 saturated heterocycles. The highest BCUT2D eigenvalue weighted by atomic mass is 16.5. The van der Waals surface area contributed by atoms with Crippen molar-refractivity contribution in [1.29, 1.82) is 0 Å². The smallest absolute Gasteiger partial charge is 0.407 e. The van der Waals surface area contributed by atoms with Crippen molar-refractivity contribution in [3.63, 3.8) is 0 Å². The zero-order valence-electron chi connectivity index (χ0n) is 18.8. The van der Waals surface area contributed by atoms with Crippen LogP contribution in [0.5, 0.6) is 0 Å². The Labute approximate surface area is 184 Å². The van der Waals surface area contributed by atoms with Gasteiger partial charge in [0.05, 0.1) is 0 Å². The molecule has 2 aromatic rings. The predicted octanol–water partition coefficient (Wildman–Crippen LogP) is 3.45. The zero-order valence-corrected chi connectivity index (χ0v) is 18.8. The number of carbonyl (C=O) groups excluding carboxylic acids is 3. The van der Waals surface area contributed by atoms with E-state index in [0.29, 0.717) is 26.1 Å². The van der Waals surface area contributed by atoms with E-state index in [2.05, 4.69) is 16.0 Å². The van der Waals surface area contributed by atoms with E-state index in [1.807, 2.05) is 62.4 Å². The molecule has 31 heavy (non-hydrogen) atoms. The molecule has 0 aromatic heterocycles. The second-order valence-corrected chi connectivity index (χ2v) is 6.72. The van der Waals surface area contributed by atoms with Crippen LogP contribution in [0.15, 0.2) is 48.5 Å². The minimum absolute atomic E-state index is 0.110. The lowest BCUT2D eigenvalue weighted by molar-refractivity contribution is -0.119. The fourth-order valence-electron chi connectivity index (χ4n) is 2.72. The molecule has 7 nitrogen and oxygen atoms in total. The Hall–Kier alpha value is -3.35. The zero-order chi connectivity index (χ0) is 23.1. The van der Waals surface area contributed by atoms with E-state index in [1.54, 1.807) is 0 Å². The lowest BCUT2D eigenvalue weighted by Crippen LogP contribution is -2.26. The average molecular weight is 428 g/mol. The molecule has 0 atom stereocenters. The maximum atomic E-state index is 11.9. The van der Waals surface area contributed by atoms with E-state index in [0.717, 1.165) is 22.3 Å². The van der Waals surface area contributed by atoms with Gasteiger partial charge in [-0.1, -0.05) is 62.4 Å². The highest BCUT2D eigenvalue weighted by Gasteiger charge is 2.06. The van der Waals surface area contributed by atoms with Gasteiger partial charge in [0.2, 0.25) is 11.8 Å². The van der Waals surface area contributed by atoms with Crippen LogP contribution in [0.25, 0.3) is 0 Å². The third-order valence-corrected chi connectivity index (χ3v) is 4.09. The predicted molar refractivity (Wildman–Crippen MR) is 121 cm³/mol. The lowest BCUT2D eigenvalue weighted by atomic mass is 10.0. The molecule has 0 heterocycles. The van der Waals surface area contributed by atoms with Crippen LogP contribution in [0.4, 0.5) is 4.79 Å². The minimum Gasteiger partial charge on any atom is -0.445 e. The summed E-state index contributed by atoms with van der Waals surface area (Å²) in [4.78, 5) is 34.2. The van der Waals surface area contributed by atoms with E-state index >= 15 is 0 Å². The van der Waals surface area contributed by atoms with E-state index in [4.69, 9.17) is 4.74 Å². The fourth-order valence-corrected chi connectivity index (χ4v) is 2.72. The van der Waals surface area contributed by atoms with Gasteiger partial charge in [-0.3, -0.25) is 9.59 Å². The number of alkyl carbamates (subject to hydrolysis) is 1. The SMILES string of the molecule is CC.CC(=O)NCc1cc(CCNC(=O)OCc2ccccc2)cc(CNC(C)=O)c1. The number of carbonyl (C=O) groups is 3. The molecule has 0 fully saturated rings. The van der Waals surface area contributed by atoms with Crippen molar-refractivity contribution in [3.05, 3.63) is 70.8 Å². The van der Waals surface area contributed by atoms with Gasteiger partial charge < -0.3 is 20.7 Å². The molecule has 2 aromatic carbocycles. The summed E-state index contributed by atoms with van der Waals surface area (Å²) in [6.45, 7) is 8.38. The van der Waals surface area contributed by atoms with E-state index in [9.17, 15) is 14.4 Å². The van der Waals surface area contributed by atoms with E-state index < -0.39 is 6.09 Å². The summed E-state index contributed by atoms with van der Waals surface area (Å²) in [5.74, 6) is -0.219. The number of hydrogen-bond donors (Lipinski definition) is 3. The van der Waals surface area contributed by atoms with E-state index in [-0.39, 0.29) is 18.4 Å². The summed E-state index contributed by atoms with van der Waals surface area (Å²) in [5, 5.41) is 8.28. The number of rotatable bonds is 9. The van der Waals surface area contributed by atoms with Gasteiger partial charge in [0.1, 0.15) is 6.61 Å². The highest BCUT2D eigenvalue weighted by Crippen LogP contribution is 2.12. The molecular formula is C24H33N3O4. The topological polar surface area (TPSA) is 96.5 Å². The maximum absolute atomic E-state index is 11.9. The van der Waals surface area contributed by atoms with Crippen LogP contribution in [0.1, 0.15) is 49.9 Å². The van der Waals surface area contributed by atoms with Crippen molar-refractivity contribution in [1.82, 2.24) is 16.0 Å². The third kappa shape index (κ3) is 11.4. The van der Waals surface area contributed by atoms with Crippen LogP contribution in [0.2, 0.25) is 0 Å². The molecule has 0 bridgehead atoms. The Kier molecular flexibility index (Phi) is 12.1. The third-order valence-electron chi connectivity index (χ3n) is 4.09. The summed E-state index contributed by atoms with van der Waals surface area (Å²) in [5.41, 5.74) is 3.79. The standard InChI is InChI=1S/C22H27N3O4.C2H6/c1-16(26)24-13-20-10-19(11-21(12-20)14-25-17(2)27)8-9-23-22(28)29-15-18-6-4-3-5-7-18;1-2/h3-7,10-12H,8-9,13-15H2,1-2H3,(H,23,28)(H,24,26)(H,25,27);1-2H3. The summed E-state index contributed by atoms with van der Waals surface area (Å²) < 4.78 is 5.20. The molecule has 2 rings (SSSR count). The molecule has 3 amide bonds. The molecule has 0 aliphatic heterocycles. The second kappa shape index (κ2) is 14.6. The molecule has 0 radical (unpaired) electrons. The Balaban J connectivity index is 0.00000233. The molecule has 0 aliphatic carbocycles. The molecule has 168 valence electrons. The van der Waals surface area contributed by atoms with Crippen LogP contribution in [0, 0.1) is 0 Å². The van der Waals surface area contributed by atoms with Crippen molar-refractivity contribution < 1.29 is 19.1 Å². The van der Waals surface area contributed by atoms with Gasteiger partial charge in [-0.15, -0.1) is 0 Å². The van der Waals surface area contributed by atoms with Crippen LogP contribution in [0.3, 0.4) is 0 Å². The van der Waals surface area contributed by atoms with Gasteiger partial charge in [-0.25, -0.2) is 4.79 Å². The van der Waals surface area contributed by atoms with Crippen molar-refractivity contribution in [2.24, 2.45) is 0 Å². The Morgan fingerprint density at radius 2 is 1.26 bits per heavy atom. The first-order valence-corrected chi connectivity index (χ1v) is 10.5. The first kappa shape index (κ1) is 25.7. The van der Waals surface area contributed by atoms with Crippen molar-refractivity contribution in [2.45, 2.75) is 53.8 Å². The van der Waals surface area contributed by atoms with Gasteiger partial charge in [0, 0.05) is 33.5 Å². The monoisotopic (exact) mass is 427 g/mol. The quantitative estimate of drug-likeness (QED) is 0.571. The van der Waals surface area contributed by atoms with Crippen molar-refractivity contribution in [3.8, 4) is 0 Å². The van der Waals surface area contributed by atoms with Gasteiger partial charge in [-0.2, -0.15) is 0 Å². The maximum Gasteiger partial charge on any atom is 0.407 e. The number of benzene rings is 2. The van der Waals surface area contributed by atoms with Gasteiger partial charge in [-0.05, 0) is 28.7 Å². The molecule has 0 aliphatic rings. The summed E-state index contributed by atoms with van der Waals surface area (Å²) in [6, 6.07) is 15.4. The van der Waals surface area contributed by atoms with Gasteiger partial charge >= 0.3 is 6.09 Å². The molecule has 7 heteroatoms. The summed E-state index contributed by atoms with van der Waals surface area (Å²) >= 11 is 0. The summed E-state index contributed by atoms with van der Waals surface area (Å²) in [7, 11) is 0. The average Bonchev–Trinajstić information content (AvgIpc) is 2.77. The number of hydrogen-bond acceptors (Lipinski definition) is 4. The number of amides is 3.